The summed E-state index contributed by atoms with van der Waals surface area (Å²) in [6.07, 6.45) is 1.62. The van der Waals surface area contributed by atoms with Crippen molar-refractivity contribution in [2.24, 2.45) is 5.92 Å². The fourth-order valence-corrected chi connectivity index (χ4v) is 4.45. The largest absolute Gasteiger partial charge is 0.469 e. The van der Waals surface area contributed by atoms with Gasteiger partial charge in [0.05, 0.1) is 24.4 Å². The Morgan fingerprint density at radius 3 is 2.64 bits per heavy atom. The molecule has 0 bridgehead atoms. The molecule has 2 heterocycles. The lowest BCUT2D eigenvalue weighted by Gasteiger charge is -2.30. The van der Waals surface area contributed by atoms with Crippen LogP contribution < -0.4 is 4.90 Å². The van der Waals surface area contributed by atoms with Gasteiger partial charge in [-0.25, -0.2) is 4.98 Å². The van der Waals surface area contributed by atoms with Crippen molar-refractivity contribution in [3.8, 4) is 0 Å². The molecule has 0 spiro atoms. The van der Waals surface area contributed by atoms with Crippen molar-refractivity contribution in [1.82, 2.24) is 9.88 Å². The van der Waals surface area contributed by atoms with Crippen LogP contribution in [0.1, 0.15) is 36.6 Å². The first-order valence-electron chi connectivity index (χ1n) is 9.52. The van der Waals surface area contributed by atoms with E-state index in [2.05, 4.69) is 4.90 Å². The summed E-state index contributed by atoms with van der Waals surface area (Å²) in [5.41, 5.74) is 4.06. The summed E-state index contributed by atoms with van der Waals surface area (Å²) in [5, 5.41) is 2.71. The Balaban J connectivity index is 1.71. The number of amides is 1. The fraction of sp³-hybridized carbons (Fsp3) is 0.476. The number of nitrogens with zero attached hydrogens (tertiary/aromatic N) is 3. The minimum absolute atomic E-state index is 0.00439. The molecule has 1 aromatic carbocycles. The average Bonchev–Trinajstić information content (AvgIpc) is 3.13. The summed E-state index contributed by atoms with van der Waals surface area (Å²) in [6.45, 7) is 8.06. The van der Waals surface area contributed by atoms with Crippen molar-refractivity contribution in [1.29, 1.82) is 0 Å². The number of aromatic nitrogens is 1. The number of carbonyl (C=O) groups is 2. The normalized spacial score (nSPS) is 15.4. The molecule has 7 heteroatoms. The van der Waals surface area contributed by atoms with E-state index in [9.17, 15) is 9.59 Å². The number of thiazole rings is 1. The van der Waals surface area contributed by atoms with E-state index in [4.69, 9.17) is 9.72 Å². The van der Waals surface area contributed by atoms with Gasteiger partial charge in [0.2, 0.25) is 5.91 Å². The summed E-state index contributed by atoms with van der Waals surface area (Å²) in [4.78, 5) is 32.8. The summed E-state index contributed by atoms with van der Waals surface area (Å²) < 4.78 is 4.85. The minimum Gasteiger partial charge on any atom is -0.469 e. The number of rotatable bonds is 5. The maximum atomic E-state index is 12.4. The Labute approximate surface area is 170 Å². The highest BCUT2D eigenvalue weighted by atomic mass is 32.1. The van der Waals surface area contributed by atoms with Gasteiger partial charge in [-0.15, -0.1) is 11.3 Å². The molecule has 1 aromatic heterocycles. The standard InChI is InChI=1S/C21H27N3O3S/c1-14-6-5-7-19(15(14)2)24(16(3)25)21-22-18(13-28-21)12-23-10-8-17(9-11-23)20(26)27-4/h5-7,13,17H,8-12H2,1-4H3. The van der Waals surface area contributed by atoms with Crippen LogP contribution in [0, 0.1) is 19.8 Å². The second kappa shape index (κ2) is 8.84. The monoisotopic (exact) mass is 401 g/mol. The molecule has 1 aliphatic heterocycles. The molecule has 0 unspecified atom stereocenters. The van der Waals surface area contributed by atoms with Crippen molar-refractivity contribution >= 4 is 34.0 Å². The molecule has 0 radical (unpaired) electrons. The number of esters is 1. The smallest absolute Gasteiger partial charge is 0.308 e. The van der Waals surface area contributed by atoms with E-state index in [0.717, 1.165) is 55.0 Å². The van der Waals surface area contributed by atoms with Crippen molar-refractivity contribution in [2.45, 2.75) is 40.2 Å². The molecular weight excluding hydrogens is 374 g/mol. The van der Waals surface area contributed by atoms with E-state index in [1.165, 1.54) is 18.4 Å². The molecule has 0 aliphatic carbocycles. The molecule has 1 fully saturated rings. The number of piperidine rings is 1. The lowest BCUT2D eigenvalue weighted by molar-refractivity contribution is -0.147. The van der Waals surface area contributed by atoms with Gasteiger partial charge in [-0.2, -0.15) is 0 Å². The second-order valence-electron chi connectivity index (χ2n) is 7.27. The quantitative estimate of drug-likeness (QED) is 0.713. The summed E-state index contributed by atoms with van der Waals surface area (Å²) in [6, 6.07) is 5.97. The van der Waals surface area contributed by atoms with Gasteiger partial charge in [0.25, 0.3) is 0 Å². The first-order valence-corrected chi connectivity index (χ1v) is 10.4. The zero-order valence-corrected chi connectivity index (χ0v) is 17.7. The molecule has 2 aromatic rings. The number of hydrogen-bond donors (Lipinski definition) is 0. The zero-order valence-electron chi connectivity index (χ0n) is 16.9. The van der Waals surface area contributed by atoms with E-state index in [1.807, 2.05) is 37.4 Å². The zero-order chi connectivity index (χ0) is 20.3. The van der Waals surface area contributed by atoms with Gasteiger partial charge in [0.1, 0.15) is 0 Å². The molecule has 1 amide bonds. The van der Waals surface area contributed by atoms with Gasteiger partial charge < -0.3 is 4.74 Å². The third kappa shape index (κ3) is 4.42. The Kier molecular flexibility index (Phi) is 6.46. The molecular formula is C21H27N3O3S. The van der Waals surface area contributed by atoms with Gasteiger partial charge in [-0.1, -0.05) is 12.1 Å². The van der Waals surface area contributed by atoms with Gasteiger partial charge in [0.15, 0.2) is 5.13 Å². The van der Waals surface area contributed by atoms with E-state index >= 15 is 0 Å². The molecule has 1 saturated heterocycles. The maximum absolute atomic E-state index is 12.4. The van der Waals surface area contributed by atoms with Crippen molar-refractivity contribution in [2.75, 3.05) is 25.1 Å². The third-order valence-corrected chi connectivity index (χ3v) is 6.25. The second-order valence-corrected chi connectivity index (χ2v) is 8.11. The first-order chi connectivity index (χ1) is 13.4. The minimum atomic E-state index is -0.110. The van der Waals surface area contributed by atoms with Crippen LogP contribution >= 0.6 is 11.3 Å². The summed E-state index contributed by atoms with van der Waals surface area (Å²) >= 11 is 1.49. The molecule has 0 N–H and O–H groups in total. The Morgan fingerprint density at radius 2 is 2.00 bits per heavy atom. The highest BCUT2D eigenvalue weighted by Crippen LogP contribution is 2.33. The molecule has 6 nitrogen and oxygen atoms in total. The number of benzene rings is 1. The van der Waals surface area contributed by atoms with Gasteiger partial charge in [0, 0.05) is 18.8 Å². The number of ether oxygens (including phenoxy) is 1. The number of hydrogen-bond acceptors (Lipinski definition) is 6. The third-order valence-electron chi connectivity index (χ3n) is 5.37. The van der Waals surface area contributed by atoms with E-state index in [1.54, 1.807) is 11.8 Å². The Hall–Kier alpha value is -2.25. The van der Waals surface area contributed by atoms with Crippen LogP contribution in [0.25, 0.3) is 0 Å². The predicted octanol–water partition coefficient (Wildman–Crippen LogP) is 3.83. The van der Waals surface area contributed by atoms with Crippen LogP contribution in [0.4, 0.5) is 10.8 Å². The highest BCUT2D eigenvalue weighted by molar-refractivity contribution is 7.14. The molecule has 3 rings (SSSR count). The van der Waals surface area contributed by atoms with Crippen molar-refractivity contribution < 1.29 is 14.3 Å². The number of anilines is 2. The predicted molar refractivity (Wildman–Crippen MR) is 111 cm³/mol. The van der Waals surface area contributed by atoms with Gasteiger partial charge >= 0.3 is 5.97 Å². The Morgan fingerprint density at radius 1 is 1.29 bits per heavy atom. The van der Waals surface area contributed by atoms with Crippen molar-refractivity contribution in [3.63, 3.8) is 0 Å². The van der Waals surface area contributed by atoms with Gasteiger partial charge in [-0.3, -0.25) is 19.4 Å². The summed E-state index contributed by atoms with van der Waals surface area (Å²) in [5.74, 6) is -0.153. The molecule has 0 saturated carbocycles. The van der Waals surface area contributed by atoms with E-state index in [0.29, 0.717) is 5.13 Å². The number of likely N-dealkylation sites (tertiary alicyclic amines) is 1. The fourth-order valence-electron chi connectivity index (χ4n) is 3.58. The average molecular weight is 402 g/mol. The number of methoxy groups -OCH3 is 1. The number of carbonyl (C=O) groups excluding carboxylic acids is 2. The van der Waals surface area contributed by atoms with Crippen LogP contribution in [0.15, 0.2) is 23.6 Å². The van der Waals surface area contributed by atoms with Crippen molar-refractivity contribution in [3.05, 3.63) is 40.4 Å². The van der Waals surface area contributed by atoms with E-state index < -0.39 is 0 Å². The lowest BCUT2D eigenvalue weighted by atomic mass is 9.97. The molecule has 150 valence electrons. The highest BCUT2D eigenvalue weighted by Gasteiger charge is 2.26. The molecule has 28 heavy (non-hydrogen) atoms. The van der Waals surface area contributed by atoms with Crippen LogP contribution in [-0.4, -0.2) is 42.0 Å². The molecule has 0 atom stereocenters. The maximum Gasteiger partial charge on any atom is 0.308 e. The van der Waals surface area contributed by atoms with Crippen LogP contribution in [0.5, 0.6) is 0 Å². The number of aryl methyl sites for hydroxylation is 1. The SMILES string of the molecule is COC(=O)C1CCN(Cc2csc(N(C(C)=O)c3cccc(C)c3C)n2)CC1. The van der Waals surface area contributed by atoms with Crippen LogP contribution in [-0.2, 0) is 20.9 Å². The van der Waals surface area contributed by atoms with E-state index in [-0.39, 0.29) is 17.8 Å². The van der Waals surface area contributed by atoms with Gasteiger partial charge in [-0.05, 0) is 57.0 Å². The Bertz CT molecular complexity index is 856. The lowest BCUT2D eigenvalue weighted by Crippen LogP contribution is -2.36. The van der Waals surface area contributed by atoms with Crippen LogP contribution in [0.3, 0.4) is 0 Å². The topological polar surface area (TPSA) is 62.7 Å². The first kappa shape index (κ1) is 20.5. The summed E-state index contributed by atoms with van der Waals surface area (Å²) in [7, 11) is 1.45. The molecule has 1 aliphatic rings. The van der Waals surface area contributed by atoms with Crippen LogP contribution in [0.2, 0.25) is 0 Å².